The Labute approximate surface area is 159 Å². The van der Waals surface area contributed by atoms with Crippen LogP contribution in [0, 0.1) is 0 Å². The number of hydrogen-bond acceptors (Lipinski definition) is 5. The first-order valence-corrected chi connectivity index (χ1v) is 9.31. The number of nitrogens with one attached hydrogen (secondary N) is 1. The van der Waals surface area contributed by atoms with E-state index in [0.717, 1.165) is 66.9 Å². The van der Waals surface area contributed by atoms with Crippen molar-refractivity contribution in [1.82, 2.24) is 9.80 Å². The highest BCUT2D eigenvalue weighted by molar-refractivity contribution is 6.05. The summed E-state index contributed by atoms with van der Waals surface area (Å²) < 4.78 is 6.17. The normalized spacial score (nSPS) is 17.0. The summed E-state index contributed by atoms with van der Waals surface area (Å²) in [5, 5.41) is 2.86. The van der Waals surface area contributed by atoms with Gasteiger partial charge in [0, 0.05) is 32.2 Å². The zero-order valence-corrected chi connectivity index (χ0v) is 15.7. The van der Waals surface area contributed by atoms with Gasteiger partial charge in [0.1, 0.15) is 17.3 Å². The number of hydrogen-bond donors (Lipinski definition) is 1. The molecule has 1 saturated heterocycles. The first kappa shape index (κ1) is 17.5. The van der Waals surface area contributed by atoms with Crippen molar-refractivity contribution in [2.45, 2.75) is 13.3 Å². The number of likely N-dealkylation sites (N-methyl/N-ethyl adjacent to an activating group) is 1. The van der Waals surface area contributed by atoms with Gasteiger partial charge in [-0.25, -0.2) is 4.99 Å². The number of fused-ring (bicyclic) bond motifs is 2. The first-order valence-electron chi connectivity index (χ1n) is 9.31. The predicted molar refractivity (Wildman–Crippen MR) is 107 cm³/mol. The second-order valence-corrected chi connectivity index (χ2v) is 7.04. The zero-order chi connectivity index (χ0) is 18.8. The molecule has 6 heteroatoms. The lowest BCUT2D eigenvalue weighted by Gasteiger charge is -2.25. The van der Waals surface area contributed by atoms with Crippen LogP contribution in [0.15, 0.2) is 47.5 Å². The van der Waals surface area contributed by atoms with Crippen molar-refractivity contribution in [3.63, 3.8) is 0 Å². The molecule has 0 aromatic heterocycles. The Morgan fingerprint density at radius 2 is 1.93 bits per heavy atom. The first-order chi connectivity index (χ1) is 13.1. The maximum absolute atomic E-state index is 11.5. The Morgan fingerprint density at radius 1 is 1.07 bits per heavy atom. The van der Waals surface area contributed by atoms with Gasteiger partial charge in [0.25, 0.3) is 0 Å². The maximum atomic E-state index is 11.5. The number of para-hydroxylation sites is 2. The number of amidine groups is 1. The monoisotopic (exact) mass is 364 g/mol. The molecule has 2 heterocycles. The van der Waals surface area contributed by atoms with Crippen LogP contribution in [0.1, 0.15) is 18.9 Å². The van der Waals surface area contributed by atoms with Gasteiger partial charge in [-0.05, 0) is 50.3 Å². The number of amides is 1. The molecule has 0 bridgehead atoms. The molecular formula is C21H24N4O2. The molecule has 2 aliphatic heterocycles. The van der Waals surface area contributed by atoms with E-state index < -0.39 is 0 Å². The summed E-state index contributed by atoms with van der Waals surface area (Å²) in [5.74, 6) is 2.30. The van der Waals surface area contributed by atoms with Gasteiger partial charge in [0.2, 0.25) is 5.91 Å². The highest BCUT2D eigenvalue weighted by atomic mass is 16.5. The molecule has 1 amide bonds. The summed E-state index contributed by atoms with van der Waals surface area (Å²) in [6.45, 7) is 5.42. The summed E-state index contributed by atoms with van der Waals surface area (Å²) in [4.78, 5) is 21.1. The van der Waals surface area contributed by atoms with Crippen LogP contribution in [-0.2, 0) is 4.79 Å². The standard InChI is InChI=1S/C21H24N4O2/c1-15(26)22-16-8-9-19-17(14-16)21(25-11-5-10-24(2)12-13-25)23-18-6-3-4-7-20(18)27-19/h3-4,6-9,14H,5,10-13H2,1-2H3,(H,22,26). The summed E-state index contributed by atoms with van der Waals surface area (Å²) >= 11 is 0. The topological polar surface area (TPSA) is 57.2 Å². The van der Waals surface area contributed by atoms with Gasteiger partial charge >= 0.3 is 0 Å². The number of carbonyl (C=O) groups is 1. The Bertz CT molecular complexity index is 894. The lowest BCUT2D eigenvalue weighted by molar-refractivity contribution is -0.114. The minimum atomic E-state index is -0.0948. The van der Waals surface area contributed by atoms with E-state index in [1.807, 2.05) is 42.5 Å². The van der Waals surface area contributed by atoms with Crippen LogP contribution < -0.4 is 10.1 Å². The van der Waals surface area contributed by atoms with E-state index in [1.54, 1.807) is 0 Å². The molecule has 4 rings (SSSR count). The minimum absolute atomic E-state index is 0.0948. The van der Waals surface area contributed by atoms with Gasteiger partial charge in [-0.3, -0.25) is 4.79 Å². The third-order valence-corrected chi connectivity index (χ3v) is 4.87. The van der Waals surface area contributed by atoms with Gasteiger partial charge in [-0.15, -0.1) is 0 Å². The molecule has 2 aliphatic rings. The van der Waals surface area contributed by atoms with E-state index in [0.29, 0.717) is 0 Å². The fraction of sp³-hybridized carbons (Fsp3) is 0.333. The van der Waals surface area contributed by atoms with E-state index >= 15 is 0 Å². The number of benzene rings is 2. The Morgan fingerprint density at radius 3 is 2.78 bits per heavy atom. The van der Waals surface area contributed by atoms with Crippen LogP contribution in [0.2, 0.25) is 0 Å². The number of aliphatic imine (C=N–C) groups is 1. The molecule has 2 aromatic carbocycles. The highest BCUT2D eigenvalue weighted by Gasteiger charge is 2.24. The van der Waals surface area contributed by atoms with Crippen molar-refractivity contribution in [2.75, 3.05) is 38.5 Å². The van der Waals surface area contributed by atoms with E-state index in [9.17, 15) is 4.79 Å². The molecule has 27 heavy (non-hydrogen) atoms. The van der Waals surface area contributed by atoms with E-state index in [2.05, 4.69) is 22.2 Å². The van der Waals surface area contributed by atoms with Crippen molar-refractivity contribution in [2.24, 2.45) is 4.99 Å². The maximum Gasteiger partial charge on any atom is 0.221 e. The van der Waals surface area contributed by atoms with Gasteiger partial charge in [-0.1, -0.05) is 12.1 Å². The highest BCUT2D eigenvalue weighted by Crippen LogP contribution is 2.39. The van der Waals surface area contributed by atoms with Gasteiger partial charge < -0.3 is 19.9 Å². The van der Waals surface area contributed by atoms with Gasteiger partial charge in [-0.2, -0.15) is 0 Å². The molecule has 0 saturated carbocycles. The third-order valence-electron chi connectivity index (χ3n) is 4.87. The largest absolute Gasteiger partial charge is 0.454 e. The SMILES string of the molecule is CC(=O)Nc1ccc2c(c1)C(N1CCCN(C)CC1)=Nc1ccccc1O2. The molecule has 0 unspecified atom stereocenters. The number of anilines is 1. The lowest BCUT2D eigenvalue weighted by atomic mass is 10.1. The molecule has 2 aromatic rings. The molecule has 0 spiro atoms. The Balaban J connectivity index is 1.81. The summed E-state index contributed by atoms with van der Waals surface area (Å²) in [7, 11) is 2.15. The van der Waals surface area contributed by atoms with Crippen molar-refractivity contribution in [3.8, 4) is 11.5 Å². The lowest BCUT2D eigenvalue weighted by Crippen LogP contribution is -2.35. The molecule has 1 fully saturated rings. The van der Waals surface area contributed by atoms with Gasteiger partial charge in [0.05, 0.1) is 5.56 Å². The Kier molecular flexibility index (Phi) is 4.81. The molecule has 140 valence electrons. The number of rotatable bonds is 1. The number of carbonyl (C=O) groups excluding carboxylic acids is 1. The van der Waals surface area contributed by atoms with E-state index in [4.69, 9.17) is 9.73 Å². The minimum Gasteiger partial charge on any atom is -0.454 e. The number of nitrogens with zero attached hydrogens (tertiary/aromatic N) is 3. The fourth-order valence-electron chi connectivity index (χ4n) is 3.50. The van der Waals surface area contributed by atoms with Crippen LogP contribution in [0.5, 0.6) is 11.5 Å². The third kappa shape index (κ3) is 3.80. The van der Waals surface area contributed by atoms with Crippen molar-refractivity contribution in [1.29, 1.82) is 0 Å². The van der Waals surface area contributed by atoms with Crippen molar-refractivity contribution >= 4 is 23.1 Å². The van der Waals surface area contributed by atoms with Crippen LogP contribution >= 0.6 is 0 Å². The van der Waals surface area contributed by atoms with Crippen LogP contribution in [0.3, 0.4) is 0 Å². The zero-order valence-electron chi connectivity index (χ0n) is 15.7. The average molecular weight is 364 g/mol. The molecule has 0 atom stereocenters. The summed E-state index contributed by atoms with van der Waals surface area (Å²) in [6.07, 6.45) is 1.08. The Hall–Kier alpha value is -2.86. The molecule has 0 radical (unpaired) electrons. The van der Waals surface area contributed by atoms with E-state index in [1.165, 1.54) is 6.92 Å². The van der Waals surface area contributed by atoms with Crippen molar-refractivity contribution < 1.29 is 9.53 Å². The van der Waals surface area contributed by atoms with Gasteiger partial charge in [0.15, 0.2) is 5.75 Å². The summed E-state index contributed by atoms with van der Waals surface area (Å²) in [6, 6.07) is 13.5. The van der Waals surface area contributed by atoms with Crippen LogP contribution in [0.4, 0.5) is 11.4 Å². The predicted octanol–water partition coefficient (Wildman–Crippen LogP) is 3.47. The van der Waals surface area contributed by atoms with E-state index in [-0.39, 0.29) is 5.91 Å². The summed E-state index contributed by atoms with van der Waals surface area (Å²) in [5.41, 5.74) is 2.47. The fourth-order valence-corrected chi connectivity index (χ4v) is 3.50. The average Bonchev–Trinajstić information content (AvgIpc) is 2.95. The smallest absolute Gasteiger partial charge is 0.221 e. The molecule has 1 N–H and O–H groups in total. The van der Waals surface area contributed by atoms with Crippen LogP contribution in [-0.4, -0.2) is 54.8 Å². The molecule has 0 aliphatic carbocycles. The molecular weight excluding hydrogens is 340 g/mol. The van der Waals surface area contributed by atoms with Crippen LogP contribution in [0.25, 0.3) is 0 Å². The number of ether oxygens (including phenoxy) is 1. The molecule has 6 nitrogen and oxygen atoms in total. The second-order valence-electron chi connectivity index (χ2n) is 7.04. The quantitative estimate of drug-likeness (QED) is 0.842. The second kappa shape index (κ2) is 7.40. The van der Waals surface area contributed by atoms with Crippen molar-refractivity contribution in [3.05, 3.63) is 48.0 Å².